The average Bonchev–Trinajstić information content (AvgIpc) is 3.09. The molecule has 1 saturated heterocycles. The van der Waals surface area contributed by atoms with Crippen LogP contribution in [0.15, 0.2) is 18.2 Å². The minimum Gasteiger partial charge on any atom is -0.394 e. The van der Waals surface area contributed by atoms with Gasteiger partial charge in [0.05, 0.1) is 30.2 Å². The summed E-state index contributed by atoms with van der Waals surface area (Å²) >= 11 is 0. The molecule has 22 heavy (non-hydrogen) atoms. The molecule has 6 nitrogen and oxygen atoms in total. The molecule has 0 saturated carbocycles. The lowest BCUT2D eigenvalue weighted by Crippen LogP contribution is -2.44. The molecule has 6 heteroatoms. The van der Waals surface area contributed by atoms with Gasteiger partial charge in [-0.3, -0.25) is 0 Å². The summed E-state index contributed by atoms with van der Waals surface area (Å²) < 4.78 is 2.00. The fourth-order valence-electron chi connectivity index (χ4n) is 3.07. The highest BCUT2D eigenvalue weighted by Gasteiger charge is 2.27. The van der Waals surface area contributed by atoms with E-state index in [1.54, 1.807) is 4.90 Å². The van der Waals surface area contributed by atoms with Crippen molar-refractivity contribution in [3.63, 3.8) is 0 Å². The number of carbonyl (C=O) groups is 1. The lowest BCUT2D eigenvalue weighted by molar-refractivity contribution is 0.156. The normalized spacial score (nSPS) is 18.1. The molecule has 0 spiro atoms. The Balaban J connectivity index is 1.71. The first-order chi connectivity index (χ1) is 10.6. The van der Waals surface area contributed by atoms with Gasteiger partial charge >= 0.3 is 6.03 Å². The van der Waals surface area contributed by atoms with Gasteiger partial charge in [-0.25, -0.2) is 9.78 Å². The van der Waals surface area contributed by atoms with E-state index in [4.69, 9.17) is 0 Å². The zero-order valence-electron chi connectivity index (χ0n) is 13.0. The van der Waals surface area contributed by atoms with Crippen molar-refractivity contribution >= 4 is 17.1 Å². The van der Waals surface area contributed by atoms with E-state index in [1.165, 1.54) is 5.56 Å². The molecule has 1 aromatic carbocycles. The molecule has 2 aromatic rings. The molecule has 0 bridgehead atoms. The van der Waals surface area contributed by atoms with Gasteiger partial charge in [0.1, 0.15) is 5.82 Å². The van der Waals surface area contributed by atoms with Crippen molar-refractivity contribution < 1.29 is 9.90 Å². The molecule has 1 aromatic heterocycles. The number of aryl methyl sites for hydroxylation is 2. The van der Waals surface area contributed by atoms with Crippen LogP contribution in [0.2, 0.25) is 0 Å². The number of fused-ring (bicyclic) bond motifs is 1. The van der Waals surface area contributed by atoms with Crippen molar-refractivity contribution in [2.75, 3.05) is 13.2 Å². The van der Waals surface area contributed by atoms with Gasteiger partial charge in [0, 0.05) is 13.6 Å². The lowest BCUT2D eigenvalue weighted by atomic mass is 10.2. The highest BCUT2D eigenvalue weighted by Crippen LogP contribution is 2.18. The number of hydrogen-bond acceptors (Lipinski definition) is 3. The molecule has 1 aliphatic rings. The van der Waals surface area contributed by atoms with Crippen molar-refractivity contribution in [2.45, 2.75) is 32.4 Å². The lowest BCUT2D eigenvalue weighted by Gasteiger charge is -2.23. The van der Waals surface area contributed by atoms with Gasteiger partial charge in [-0.1, -0.05) is 6.07 Å². The summed E-state index contributed by atoms with van der Waals surface area (Å²) in [6, 6.07) is 5.97. The SMILES string of the molecule is Cc1ccc2c(c1)nc(CNC(=O)N1CCC[C@H]1CO)n2C. The topological polar surface area (TPSA) is 70.4 Å². The summed E-state index contributed by atoms with van der Waals surface area (Å²) in [5, 5.41) is 12.2. The van der Waals surface area contributed by atoms with Gasteiger partial charge in [0.2, 0.25) is 0 Å². The Morgan fingerprint density at radius 3 is 3.09 bits per heavy atom. The minimum absolute atomic E-state index is 0.0268. The minimum atomic E-state index is -0.125. The standard InChI is InChI=1S/C16H22N4O2/c1-11-5-6-14-13(8-11)18-15(19(14)2)9-17-16(22)20-7-3-4-12(20)10-21/h5-6,8,12,21H,3-4,7,9-10H2,1-2H3,(H,17,22)/t12-/m0/s1. The Hall–Kier alpha value is -2.08. The van der Waals surface area contributed by atoms with E-state index in [-0.39, 0.29) is 18.7 Å². The number of rotatable bonds is 3. The second kappa shape index (κ2) is 5.96. The van der Waals surface area contributed by atoms with Gasteiger partial charge in [0.15, 0.2) is 0 Å². The smallest absolute Gasteiger partial charge is 0.318 e. The van der Waals surface area contributed by atoms with Gasteiger partial charge in [0.25, 0.3) is 0 Å². The van der Waals surface area contributed by atoms with E-state index < -0.39 is 0 Å². The monoisotopic (exact) mass is 302 g/mol. The Kier molecular flexibility index (Phi) is 4.02. The maximum atomic E-state index is 12.2. The molecule has 2 N–H and O–H groups in total. The van der Waals surface area contributed by atoms with Crippen LogP contribution in [0.5, 0.6) is 0 Å². The van der Waals surface area contributed by atoms with Crippen molar-refractivity contribution in [1.82, 2.24) is 19.8 Å². The van der Waals surface area contributed by atoms with E-state index in [0.717, 1.165) is 29.7 Å². The molecule has 1 aliphatic heterocycles. The van der Waals surface area contributed by atoms with E-state index >= 15 is 0 Å². The Bertz CT molecular complexity index is 695. The number of carbonyl (C=O) groups excluding carboxylic acids is 1. The molecule has 2 heterocycles. The number of amides is 2. The van der Waals surface area contributed by atoms with Gasteiger partial charge in [-0.2, -0.15) is 0 Å². The van der Waals surface area contributed by atoms with Crippen LogP contribution in [-0.4, -0.2) is 44.8 Å². The molecule has 3 rings (SSSR count). The molecule has 0 unspecified atom stereocenters. The fraction of sp³-hybridized carbons (Fsp3) is 0.500. The van der Waals surface area contributed by atoms with Crippen LogP contribution in [0, 0.1) is 6.92 Å². The van der Waals surface area contributed by atoms with E-state index in [9.17, 15) is 9.90 Å². The number of benzene rings is 1. The van der Waals surface area contributed by atoms with Crippen molar-refractivity contribution in [1.29, 1.82) is 0 Å². The number of nitrogens with zero attached hydrogens (tertiary/aromatic N) is 3. The number of likely N-dealkylation sites (tertiary alicyclic amines) is 1. The van der Waals surface area contributed by atoms with Crippen LogP contribution >= 0.6 is 0 Å². The first-order valence-electron chi connectivity index (χ1n) is 7.67. The molecule has 0 aliphatic carbocycles. The van der Waals surface area contributed by atoms with Gasteiger partial charge in [-0.05, 0) is 37.5 Å². The predicted octanol–water partition coefficient (Wildman–Crippen LogP) is 1.55. The Labute approximate surface area is 129 Å². The van der Waals surface area contributed by atoms with Crippen LogP contribution in [0.25, 0.3) is 11.0 Å². The second-order valence-electron chi connectivity index (χ2n) is 5.91. The summed E-state index contributed by atoms with van der Waals surface area (Å²) in [4.78, 5) is 18.5. The van der Waals surface area contributed by atoms with Crippen LogP contribution in [0.1, 0.15) is 24.2 Å². The van der Waals surface area contributed by atoms with Crippen LogP contribution < -0.4 is 5.32 Å². The third-order valence-corrected chi connectivity index (χ3v) is 4.38. The summed E-state index contributed by atoms with van der Waals surface area (Å²) in [5.41, 5.74) is 3.18. The average molecular weight is 302 g/mol. The zero-order valence-corrected chi connectivity index (χ0v) is 13.0. The third-order valence-electron chi connectivity index (χ3n) is 4.38. The summed E-state index contributed by atoms with van der Waals surface area (Å²) in [6.45, 7) is 3.16. The number of hydrogen-bond donors (Lipinski definition) is 2. The van der Waals surface area contributed by atoms with Crippen molar-refractivity contribution in [3.8, 4) is 0 Å². The van der Waals surface area contributed by atoms with Gasteiger partial charge < -0.3 is 19.9 Å². The molecule has 1 atom stereocenters. The zero-order chi connectivity index (χ0) is 15.7. The highest BCUT2D eigenvalue weighted by molar-refractivity contribution is 5.77. The molecular weight excluding hydrogens is 280 g/mol. The maximum absolute atomic E-state index is 12.2. The van der Waals surface area contributed by atoms with Crippen molar-refractivity contribution in [2.24, 2.45) is 7.05 Å². The first kappa shape index (κ1) is 14.8. The van der Waals surface area contributed by atoms with E-state index in [0.29, 0.717) is 13.1 Å². The Morgan fingerprint density at radius 2 is 2.32 bits per heavy atom. The Morgan fingerprint density at radius 1 is 1.50 bits per heavy atom. The number of imidazole rings is 1. The number of urea groups is 1. The second-order valence-corrected chi connectivity index (χ2v) is 5.91. The first-order valence-corrected chi connectivity index (χ1v) is 7.67. The van der Waals surface area contributed by atoms with Crippen LogP contribution in [0.3, 0.4) is 0 Å². The van der Waals surface area contributed by atoms with Crippen LogP contribution in [-0.2, 0) is 13.6 Å². The number of aliphatic hydroxyl groups is 1. The van der Waals surface area contributed by atoms with Gasteiger partial charge in [-0.15, -0.1) is 0 Å². The summed E-state index contributed by atoms with van der Waals surface area (Å²) in [5.74, 6) is 0.827. The summed E-state index contributed by atoms with van der Waals surface area (Å²) in [6.07, 6.45) is 1.82. The predicted molar refractivity (Wildman–Crippen MR) is 84.5 cm³/mol. The fourth-order valence-corrected chi connectivity index (χ4v) is 3.07. The molecule has 1 fully saturated rings. The summed E-state index contributed by atoms with van der Waals surface area (Å²) in [7, 11) is 1.96. The quantitative estimate of drug-likeness (QED) is 0.903. The molecule has 0 radical (unpaired) electrons. The molecule has 2 amide bonds. The van der Waals surface area contributed by atoms with E-state index in [1.807, 2.05) is 30.7 Å². The largest absolute Gasteiger partial charge is 0.394 e. The van der Waals surface area contributed by atoms with E-state index in [2.05, 4.69) is 16.4 Å². The number of aromatic nitrogens is 2. The number of nitrogens with one attached hydrogen (secondary N) is 1. The maximum Gasteiger partial charge on any atom is 0.318 e. The van der Waals surface area contributed by atoms with Crippen LogP contribution in [0.4, 0.5) is 4.79 Å². The molecule has 118 valence electrons. The van der Waals surface area contributed by atoms with Crippen molar-refractivity contribution in [3.05, 3.63) is 29.6 Å². The molecular formula is C16H22N4O2. The highest BCUT2D eigenvalue weighted by atomic mass is 16.3. The number of aliphatic hydroxyl groups excluding tert-OH is 1. The third kappa shape index (κ3) is 2.66.